The Morgan fingerprint density at radius 3 is 2.10 bits per heavy atom. The third kappa shape index (κ3) is 6.23. The Labute approximate surface area is 190 Å². The summed E-state index contributed by atoms with van der Waals surface area (Å²) in [7, 11) is 0. The van der Waals surface area contributed by atoms with Gasteiger partial charge in [-0.05, 0) is 42.4 Å². The molecule has 0 aliphatic carbocycles. The predicted octanol–water partition coefficient (Wildman–Crippen LogP) is 3.86. The van der Waals surface area contributed by atoms with Crippen molar-refractivity contribution < 1.29 is 28.2 Å². The first-order valence-corrected chi connectivity index (χ1v) is 12.1. The Kier molecular flexibility index (Phi) is 9.67. The normalized spacial score (nSPS) is 13.9. The summed E-state index contributed by atoms with van der Waals surface area (Å²) in [4.78, 5) is 35.1. The van der Waals surface area contributed by atoms with Gasteiger partial charge < -0.3 is 13.8 Å². The molecule has 0 spiro atoms. The van der Waals surface area contributed by atoms with E-state index in [1.165, 1.54) is 36.4 Å². The summed E-state index contributed by atoms with van der Waals surface area (Å²) in [5, 5.41) is -0.648. The highest BCUT2D eigenvalue weighted by Gasteiger charge is 2.35. The predicted molar refractivity (Wildman–Crippen MR) is 116 cm³/mol. The van der Waals surface area contributed by atoms with Crippen LogP contribution in [-0.2, 0) is 31.9 Å². The Hall–Kier alpha value is -1.55. The van der Waals surface area contributed by atoms with Gasteiger partial charge in [-0.15, -0.1) is 0 Å². The number of carbonyl (C=O) groups is 3. The highest BCUT2D eigenvalue weighted by molar-refractivity contribution is 7.93. The standard InChI is InChI=1S/C20H18Cl2O6S2/c1-2-28-20(25)19(30(27)16-4-6-18(22)14(10-16)12-24)7-8-29(26)15-3-5-17(21)13(9-15)11-23/h3-6,9-12,19H,2,7-8H2,1H3. The summed E-state index contributed by atoms with van der Waals surface area (Å²) in [6.07, 6.45) is 1.09. The Morgan fingerprint density at radius 1 is 1.03 bits per heavy atom. The summed E-state index contributed by atoms with van der Waals surface area (Å²) in [6.45, 7) is 1.72. The molecule has 0 saturated carbocycles. The second-order valence-corrected chi connectivity index (χ2v) is 10.00. The molecule has 0 aliphatic rings. The Bertz CT molecular complexity index is 924. The molecule has 0 fully saturated rings. The second-order valence-electron chi connectivity index (χ2n) is 5.98. The average molecular weight is 489 g/mol. The molecule has 6 nitrogen and oxygen atoms in total. The van der Waals surface area contributed by atoms with Gasteiger partial charge in [0.2, 0.25) is 5.25 Å². The number of hydrogen-bond acceptors (Lipinski definition) is 6. The smallest absolute Gasteiger partial charge is 0.360 e. The molecule has 0 heterocycles. The lowest BCUT2D eigenvalue weighted by molar-refractivity contribution is -0.142. The van der Waals surface area contributed by atoms with Crippen molar-refractivity contribution in [1.82, 2.24) is 0 Å². The third-order valence-electron chi connectivity index (χ3n) is 4.06. The van der Waals surface area contributed by atoms with E-state index in [1.54, 1.807) is 6.92 Å². The fourth-order valence-electron chi connectivity index (χ4n) is 2.53. The lowest BCUT2D eigenvalue weighted by Crippen LogP contribution is -2.34. The number of benzene rings is 2. The van der Waals surface area contributed by atoms with Crippen LogP contribution in [0, 0.1) is 0 Å². The van der Waals surface area contributed by atoms with E-state index in [2.05, 4.69) is 0 Å². The first-order valence-electron chi connectivity index (χ1n) is 8.77. The molecular formula is C20H18Cl2O6S2. The molecule has 0 bridgehead atoms. The topological polar surface area (TPSA) is 107 Å². The number of esters is 1. The van der Waals surface area contributed by atoms with Crippen LogP contribution in [0.3, 0.4) is 0 Å². The van der Waals surface area contributed by atoms with Gasteiger partial charge in [0, 0.05) is 34.4 Å². The zero-order valence-corrected chi connectivity index (χ0v) is 19.0. The maximum absolute atomic E-state index is 13.0. The van der Waals surface area contributed by atoms with E-state index in [4.69, 9.17) is 27.9 Å². The van der Waals surface area contributed by atoms with E-state index in [0.29, 0.717) is 17.5 Å². The number of aldehydes is 2. The summed E-state index contributed by atoms with van der Waals surface area (Å²) < 4.78 is 30.7. The fraction of sp³-hybridized carbons (Fsp3) is 0.250. The first kappa shape index (κ1) is 24.7. The van der Waals surface area contributed by atoms with Gasteiger partial charge in [0.25, 0.3) is 0 Å². The molecule has 2 aromatic carbocycles. The number of rotatable bonds is 10. The molecule has 10 heteroatoms. The molecular weight excluding hydrogens is 471 g/mol. The van der Waals surface area contributed by atoms with Gasteiger partial charge in [-0.1, -0.05) is 23.2 Å². The van der Waals surface area contributed by atoms with Gasteiger partial charge in [-0.3, -0.25) is 9.59 Å². The number of halogens is 2. The van der Waals surface area contributed by atoms with Gasteiger partial charge in [0.1, 0.15) is 5.75 Å². The van der Waals surface area contributed by atoms with Crippen LogP contribution in [-0.4, -0.2) is 45.3 Å². The maximum Gasteiger partial charge on any atom is 0.360 e. The van der Waals surface area contributed by atoms with Crippen molar-refractivity contribution >= 4 is 64.1 Å². The van der Waals surface area contributed by atoms with Gasteiger partial charge in [-0.2, -0.15) is 0 Å². The van der Waals surface area contributed by atoms with Crippen LogP contribution in [0.25, 0.3) is 0 Å². The largest absolute Gasteiger partial charge is 0.611 e. The summed E-state index contributed by atoms with van der Waals surface area (Å²) in [5.74, 6) is -0.691. The van der Waals surface area contributed by atoms with E-state index < -0.39 is 33.6 Å². The molecule has 0 radical (unpaired) electrons. The number of ether oxygens (including phenoxy) is 1. The van der Waals surface area contributed by atoms with Crippen LogP contribution in [0.4, 0.5) is 0 Å². The van der Waals surface area contributed by atoms with Crippen LogP contribution >= 0.6 is 23.2 Å². The fourth-order valence-corrected chi connectivity index (χ4v) is 5.52. The number of hydrogen-bond donors (Lipinski definition) is 0. The van der Waals surface area contributed by atoms with Crippen molar-refractivity contribution in [3.63, 3.8) is 0 Å². The van der Waals surface area contributed by atoms with Gasteiger partial charge in [0.05, 0.1) is 23.1 Å². The molecule has 0 N–H and O–H groups in total. The molecule has 30 heavy (non-hydrogen) atoms. The van der Waals surface area contributed by atoms with E-state index in [9.17, 15) is 23.5 Å². The number of carbonyl (C=O) groups excluding carboxylic acids is 3. The first-order chi connectivity index (χ1) is 14.3. The Balaban J connectivity index is 2.21. The van der Waals surface area contributed by atoms with Crippen molar-refractivity contribution in [2.24, 2.45) is 0 Å². The SMILES string of the molecule is CCOC(=O)C(CC[S+]([O-])c1ccc(Cl)c(C=O)c1)[S+]([O-])c1ccc(Cl)c(C=O)c1. The van der Waals surface area contributed by atoms with E-state index >= 15 is 0 Å². The molecule has 0 aliphatic heterocycles. The van der Waals surface area contributed by atoms with Crippen molar-refractivity contribution in [2.75, 3.05) is 12.4 Å². The average Bonchev–Trinajstić information content (AvgIpc) is 2.74. The quantitative estimate of drug-likeness (QED) is 0.285. The second kappa shape index (κ2) is 11.7. The molecule has 160 valence electrons. The monoisotopic (exact) mass is 488 g/mol. The van der Waals surface area contributed by atoms with Crippen LogP contribution in [0.1, 0.15) is 34.1 Å². The Morgan fingerprint density at radius 2 is 1.57 bits per heavy atom. The van der Waals surface area contributed by atoms with Crippen molar-refractivity contribution in [1.29, 1.82) is 0 Å². The van der Waals surface area contributed by atoms with E-state index in [-0.39, 0.29) is 44.8 Å². The lowest BCUT2D eigenvalue weighted by Gasteiger charge is -2.21. The molecule has 0 aromatic heterocycles. The highest BCUT2D eigenvalue weighted by Crippen LogP contribution is 2.26. The van der Waals surface area contributed by atoms with Gasteiger partial charge in [0.15, 0.2) is 22.4 Å². The van der Waals surface area contributed by atoms with Gasteiger partial charge >= 0.3 is 5.97 Å². The van der Waals surface area contributed by atoms with Gasteiger partial charge in [-0.25, -0.2) is 4.79 Å². The minimum Gasteiger partial charge on any atom is -0.611 e. The minimum absolute atomic E-state index is 0.00325. The summed E-state index contributed by atoms with van der Waals surface area (Å²) in [6, 6.07) is 8.64. The molecule has 2 rings (SSSR count). The molecule has 3 atom stereocenters. The van der Waals surface area contributed by atoms with Crippen molar-refractivity contribution in [3.05, 3.63) is 57.6 Å². The molecule has 3 unspecified atom stereocenters. The van der Waals surface area contributed by atoms with Crippen molar-refractivity contribution in [3.8, 4) is 0 Å². The van der Waals surface area contributed by atoms with Crippen LogP contribution in [0.15, 0.2) is 46.2 Å². The summed E-state index contributed by atoms with van der Waals surface area (Å²) in [5.41, 5.74) is 0.354. The van der Waals surface area contributed by atoms with Crippen LogP contribution in [0.2, 0.25) is 10.0 Å². The molecule has 2 aromatic rings. The van der Waals surface area contributed by atoms with E-state index in [1.807, 2.05) is 0 Å². The zero-order valence-electron chi connectivity index (χ0n) is 15.8. The minimum atomic E-state index is -1.86. The van der Waals surface area contributed by atoms with Crippen molar-refractivity contribution in [2.45, 2.75) is 28.4 Å². The highest BCUT2D eigenvalue weighted by atomic mass is 35.5. The lowest BCUT2D eigenvalue weighted by atomic mass is 10.2. The third-order valence-corrected chi connectivity index (χ3v) is 7.80. The van der Waals surface area contributed by atoms with E-state index in [0.717, 1.165) is 0 Å². The van der Waals surface area contributed by atoms with Crippen LogP contribution in [0.5, 0.6) is 0 Å². The zero-order chi connectivity index (χ0) is 22.3. The van der Waals surface area contributed by atoms with Crippen LogP contribution < -0.4 is 0 Å². The maximum atomic E-state index is 13.0. The molecule has 0 amide bonds. The summed E-state index contributed by atoms with van der Waals surface area (Å²) >= 11 is 8.36. The molecule has 0 saturated heterocycles.